The molecule has 25 heavy (non-hydrogen) atoms. The molecule has 1 amide bonds. The quantitative estimate of drug-likeness (QED) is 0.801. The van der Waals surface area contributed by atoms with Crippen molar-refractivity contribution in [2.24, 2.45) is 5.41 Å². The van der Waals surface area contributed by atoms with E-state index >= 15 is 0 Å². The van der Waals surface area contributed by atoms with Crippen LogP contribution in [0.1, 0.15) is 43.5 Å². The fourth-order valence-electron chi connectivity index (χ4n) is 3.61. The molecule has 2 aromatic rings. The maximum atomic E-state index is 12.3. The van der Waals surface area contributed by atoms with Crippen molar-refractivity contribution in [2.75, 3.05) is 13.7 Å². The Morgan fingerprint density at radius 2 is 2.00 bits per heavy atom. The van der Waals surface area contributed by atoms with E-state index in [1.54, 1.807) is 11.3 Å². The third-order valence-corrected chi connectivity index (χ3v) is 5.98. The molecule has 1 saturated carbocycles. The van der Waals surface area contributed by atoms with Crippen molar-refractivity contribution in [3.05, 3.63) is 29.3 Å². The molecule has 1 aliphatic rings. The number of ether oxygens (including phenoxy) is 1. The molecule has 0 atom stereocenters. The largest absolute Gasteiger partial charge is 0.456 e. The van der Waals surface area contributed by atoms with Crippen molar-refractivity contribution in [3.8, 4) is 0 Å². The first-order chi connectivity index (χ1) is 12.1. The van der Waals surface area contributed by atoms with E-state index < -0.39 is 0 Å². The molecule has 6 heteroatoms. The number of likely N-dealkylation sites (N-methyl/N-ethyl adjacent to an activating group) is 1. The molecule has 0 unspecified atom stereocenters. The van der Waals surface area contributed by atoms with Gasteiger partial charge >= 0.3 is 5.97 Å². The summed E-state index contributed by atoms with van der Waals surface area (Å²) in [5, 5.41) is 3.55. The second kappa shape index (κ2) is 7.95. The number of esters is 1. The zero-order valence-electron chi connectivity index (χ0n) is 14.5. The topological polar surface area (TPSA) is 68.3 Å². The van der Waals surface area contributed by atoms with E-state index in [1.165, 1.54) is 18.2 Å². The van der Waals surface area contributed by atoms with Gasteiger partial charge in [0.2, 0.25) is 0 Å². The maximum absolute atomic E-state index is 12.3. The molecule has 0 aliphatic heterocycles. The Morgan fingerprint density at radius 1 is 1.24 bits per heavy atom. The highest BCUT2D eigenvalue weighted by Gasteiger charge is 2.36. The fourth-order valence-corrected chi connectivity index (χ4v) is 4.75. The van der Waals surface area contributed by atoms with Gasteiger partial charge in [-0.1, -0.05) is 31.4 Å². The number of fused-ring (bicyclic) bond motifs is 1. The summed E-state index contributed by atoms with van der Waals surface area (Å²) in [4.78, 5) is 28.3. The third-order valence-electron chi connectivity index (χ3n) is 4.94. The number of benzene rings is 1. The van der Waals surface area contributed by atoms with Crippen LogP contribution in [0.5, 0.6) is 0 Å². The smallest absolute Gasteiger partial charge is 0.306 e. The number of rotatable bonds is 6. The van der Waals surface area contributed by atoms with E-state index in [-0.39, 0.29) is 23.9 Å². The minimum atomic E-state index is -0.286. The van der Waals surface area contributed by atoms with Crippen LogP contribution in [0.2, 0.25) is 0 Å². The van der Waals surface area contributed by atoms with Gasteiger partial charge in [0.05, 0.1) is 21.6 Å². The first-order valence-electron chi connectivity index (χ1n) is 8.81. The van der Waals surface area contributed by atoms with Crippen LogP contribution >= 0.6 is 11.3 Å². The van der Waals surface area contributed by atoms with Gasteiger partial charge in [-0.25, -0.2) is 4.98 Å². The minimum Gasteiger partial charge on any atom is -0.456 e. The van der Waals surface area contributed by atoms with Crippen molar-refractivity contribution >= 4 is 33.4 Å². The molecule has 0 spiro atoms. The second-order valence-corrected chi connectivity index (χ2v) is 7.94. The second-order valence-electron chi connectivity index (χ2n) is 6.82. The number of nitrogens with zero attached hydrogens (tertiary/aromatic N) is 1. The summed E-state index contributed by atoms with van der Waals surface area (Å²) >= 11 is 1.71. The zero-order valence-corrected chi connectivity index (χ0v) is 15.4. The molecule has 0 saturated heterocycles. The van der Waals surface area contributed by atoms with Crippen molar-refractivity contribution in [3.63, 3.8) is 0 Å². The number of carbonyl (C=O) groups is 2. The summed E-state index contributed by atoms with van der Waals surface area (Å²) in [7, 11) is 1.53. The number of thiazole rings is 1. The lowest BCUT2D eigenvalue weighted by molar-refractivity contribution is -0.151. The van der Waals surface area contributed by atoms with E-state index in [9.17, 15) is 9.59 Å². The van der Waals surface area contributed by atoms with E-state index in [4.69, 9.17) is 9.72 Å². The molecule has 1 aliphatic carbocycles. The number of amides is 1. The van der Waals surface area contributed by atoms with Gasteiger partial charge < -0.3 is 10.1 Å². The van der Waals surface area contributed by atoms with Gasteiger partial charge in [-0.2, -0.15) is 0 Å². The minimum absolute atomic E-state index is 0.0914. The Labute approximate surface area is 151 Å². The Hall–Kier alpha value is -1.95. The van der Waals surface area contributed by atoms with Gasteiger partial charge in [-0.05, 0) is 30.4 Å². The monoisotopic (exact) mass is 360 g/mol. The van der Waals surface area contributed by atoms with Crippen molar-refractivity contribution in [1.29, 1.82) is 0 Å². The molecule has 134 valence electrons. The van der Waals surface area contributed by atoms with Gasteiger partial charge in [0.1, 0.15) is 0 Å². The summed E-state index contributed by atoms with van der Waals surface area (Å²) in [6.45, 7) is -0.202. The van der Waals surface area contributed by atoms with Crippen molar-refractivity contribution in [2.45, 2.75) is 44.9 Å². The van der Waals surface area contributed by atoms with Crippen LogP contribution in [0.15, 0.2) is 24.3 Å². The molecule has 3 rings (SSSR count). The van der Waals surface area contributed by atoms with E-state index in [2.05, 4.69) is 11.4 Å². The number of nitrogens with one attached hydrogen (secondary N) is 1. The molecular weight excluding hydrogens is 336 g/mol. The molecule has 1 aromatic carbocycles. The van der Waals surface area contributed by atoms with E-state index in [1.807, 2.05) is 18.2 Å². The Morgan fingerprint density at radius 3 is 2.72 bits per heavy atom. The highest BCUT2D eigenvalue weighted by Crippen LogP contribution is 2.43. The fraction of sp³-hybridized carbons (Fsp3) is 0.526. The van der Waals surface area contributed by atoms with E-state index in [0.717, 1.165) is 42.6 Å². The van der Waals surface area contributed by atoms with Crippen LogP contribution in [0.4, 0.5) is 0 Å². The van der Waals surface area contributed by atoms with Gasteiger partial charge in [-0.3, -0.25) is 9.59 Å². The lowest BCUT2D eigenvalue weighted by atomic mass is 9.70. The van der Waals surface area contributed by atoms with Crippen molar-refractivity contribution in [1.82, 2.24) is 10.3 Å². The predicted octanol–water partition coefficient (Wildman–Crippen LogP) is 3.47. The highest BCUT2D eigenvalue weighted by atomic mass is 32.1. The van der Waals surface area contributed by atoms with Crippen LogP contribution in [0.25, 0.3) is 10.2 Å². The summed E-state index contributed by atoms with van der Waals surface area (Å²) in [5.41, 5.74) is 0.932. The van der Waals surface area contributed by atoms with Gasteiger partial charge in [0.25, 0.3) is 5.91 Å². The summed E-state index contributed by atoms with van der Waals surface area (Å²) in [6.07, 6.45) is 6.67. The molecule has 1 heterocycles. The highest BCUT2D eigenvalue weighted by molar-refractivity contribution is 7.18. The molecule has 0 radical (unpaired) electrons. The van der Waals surface area contributed by atoms with Crippen LogP contribution in [-0.4, -0.2) is 30.5 Å². The predicted molar refractivity (Wildman–Crippen MR) is 98.5 cm³/mol. The lowest BCUT2D eigenvalue weighted by Crippen LogP contribution is -2.32. The number of para-hydroxylation sites is 1. The summed E-state index contributed by atoms with van der Waals surface area (Å²) in [6, 6.07) is 8.14. The molecule has 1 fully saturated rings. The summed E-state index contributed by atoms with van der Waals surface area (Å²) < 4.78 is 6.34. The van der Waals surface area contributed by atoms with Crippen LogP contribution in [0, 0.1) is 5.41 Å². The first-order valence-corrected chi connectivity index (χ1v) is 9.63. The Kier molecular flexibility index (Phi) is 5.68. The normalized spacial score (nSPS) is 16.5. The number of aromatic nitrogens is 1. The van der Waals surface area contributed by atoms with Gasteiger partial charge in [0, 0.05) is 13.5 Å². The Balaban J connectivity index is 1.71. The average Bonchev–Trinajstić information content (AvgIpc) is 3.02. The standard InChI is InChI=1S/C19H24N2O3S/c1-20-16(22)13-24-18(23)12-19(9-5-2-6-10-19)11-17-21-14-7-3-4-8-15(14)25-17/h3-4,7-8H,2,5-6,9-13H2,1H3,(H,20,22). The number of hydrogen-bond donors (Lipinski definition) is 1. The van der Waals surface area contributed by atoms with E-state index in [0.29, 0.717) is 6.42 Å². The molecule has 0 bridgehead atoms. The van der Waals surface area contributed by atoms with Gasteiger partial charge in [0.15, 0.2) is 6.61 Å². The molecule has 5 nitrogen and oxygen atoms in total. The average molecular weight is 360 g/mol. The number of hydrogen-bond acceptors (Lipinski definition) is 5. The molecular formula is C19H24N2O3S. The van der Waals surface area contributed by atoms with Crippen LogP contribution in [-0.2, 0) is 20.7 Å². The SMILES string of the molecule is CNC(=O)COC(=O)CC1(Cc2nc3ccccc3s2)CCCCC1. The molecule has 1 aromatic heterocycles. The third kappa shape index (κ3) is 4.57. The molecule has 1 N–H and O–H groups in total. The lowest BCUT2D eigenvalue weighted by Gasteiger charge is -2.36. The number of carbonyl (C=O) groups excluding carboxylic acids is 2. The van der Waals surface area contributed by atoms with Crippen LogP contribution in [0.3, 0.4) is 0 Å². The summed E-state index contributed by atoms with van der Waals surface area (Å²) in [5.74, 6) is -0.566. The Bertz CT molecular complexity index is 717. The zero-order chi connectivity index (χ0) is 17.7. The van der Waals surface area contributed by atoms with Crippen LogP contribution < -0.4 is 5.32 Å². The first kappa shape index (κ1) is 17.9. The van der Waals surface area contributed by atoms with Crippen molar-refractivity contribution < 1.29 is 14.3 Å². The van der Waals surface area contributed by atoms with Gasteiger partial charge in [-0.15, -0.1) is 11.3 Å². The maximum Gasteiger partial charge on any atom is 0.306 e.